The molecule has 1 aliphatic carbocycles. The van der Waals surface area contributed by atoms with Gasteiger partial charge in [0.25, 0.3) is 0 Å². The quantitative estimate of drug-likeness (QED) is 0.791. The van der Waals surface area contributed by atoms with Gasteiger partial charge in [-0.2, -0.15) is 0 Å². The zero-order valence-electron chi connectivity index (χ0n) is 11.1. The van der Waals surface area contributed by atoms with Crippen LogP contribution >= 0.6 is 0 Å². The SMILES string of the molecule is CC(C)CC1CC(C(C)C)CCC1C(=O)O. The van der Waals surface area contributed by atoms with Crippen LogP contribution in [0, 0.1) is 29.6 Å². The molecule has 0 bridgehead atoms. The van der Waals surface area contributed by atoms with Crippen molar-refractivity contribution in [2.45, 2.75) is 53.4 Å². The Hall–Kier alpha value is -0.530. The highest BCUT2D eigenvalue weighted by molar-refractivity contribution is 5.70. The third-order valence-electron chi connectivity index (χ3n) is 4.06. The van der Waals surface area contributed by atoms with Gasteiger partial charge in [0.1, 0.15) is 0 Å². The third kappa shape index (κ3) is 3.50. The van der Waals surface area contributed by atoms with Crippen LogP contribution in [-0.4, -0.2) is 11.1 Å². The van der Waals surface area contributed by atoms with Crippen LogP contribution in [0.5, 0.6) is 0 Å². The monoisotopic (exact) mass is 226 g/mol. The van der Waals surface area contributed by atoms with E-state index in [1.54, 1.807) is 0 Å². The first-order chi connectivity index (χ1) is 7.41. The number of rotatable bonds is 4. The summed E-state index contributed by atoms with van der Waals surface area (Å²) in [5.74, 6) is 1.78. The molecular formula is C14H26O2. The Morgan fingerprint density at radius 1 is 1.25 bits per heavy atom. The Kier molecular flexibility index (Phi) is 4.82. The van der Waals surface area contributed by atoms with Crippen molar-refractivity contribution < 1.29 is 9.90 Å². The van der Waals surface area contributed by atoms with Crippen LogP contribution in [-0.2, 0) is 4.79 Å². The van der Waals surface area contributed by atoms with Crippen LogP contribution in [0.25, 0.3) is 0 Å². The third-order valence-corrected chi connectivity index (χ3v) is 4.06. The molecule has 16 heavy (non-hydrogen) atoms. The van der Waals surface area contributed by atoms with E-state index in [1.807, 2.05) is 0 Å². The van der Waals surface area contributed by atoms with E-state index in [2.05, 4.69) is 27.7 Å². The normalized spacial score (nSPS) is 31.0. The minimum Gasteiger partial charge on any atom is -0.481 e. The van der Waals surface area contributed by atoms with Gasteiger partial charge in [0.05, 0.1) is 5.92 Å². The average Bonchev–Trinajstić information content (AvgIpc) is 2.15. The molecule has 0 heterocycles. The maximum Gasteiger partial charge on any atom is 0.306 e. The second-order valence-corrected chi connectivity index (χ2v) is 6.15. The molecular weight excluding hydrogens is 200 g/mol. The molecule has 2 heteroatoms. The first-order valence-electron chi connectivity index (χ1n) is 6.64. The Balaban J connectivity index is 2.65. The Morgan fingerprint density at radius 2 is 1.88 bits per heavy atom. The van der Waals surface area contributed by atoms with Gasteiger partial charge in [-0.25, -0.2) is 0 Å². The minimum atomic E-state index is -0.576. The van der Waals surface area contributed by atoms with Gasteiger partial charge >= 0.3 is 5.97 Å². The smallest absolute Gasteiger partial charge is 0.306 e. The van der Waals surface area contributed by atoms with Gasteiger partial charge in [-0.15, -0.1) is 0 Å². The Morgan fingerprint density at radius 3 is 2.31 bits per heavy atom. The van der Waals surface area contributed by atoms with E-state index in [0.717, 1.165) is 31.6 Å². The highest BCUT2D eigenvalue weighted by Gasteiger charge is 2.35. The molecule has 3 unspecified atom stereocenters. The highest BCUT2D eigenvalue weighted by Crippen LogP contribution is 2.40. The van der Waals surface area contributed by atoms with Gasteiger partial charge < -0.3 is 5.11 Å². The van der Waals surface area contributed by atoms with Crippen molar-refractivity contribution in [1.29, 1.82) is 0 Å². The first kappa shape index (κ1) is 13.5. The summed E-state index contributed by atoms with van der Waals surface area (Å²) in [4.78, 5) is 11.2. The molecule has 0 aromatic carbocycles. The Labute approximate surface area is 99.4 Å². The van der Waals surface area contributed by atoms with Crippen molar-refractivity contribution in [1.82, 2.24) is 0 Å². The minimum absolute atomic E-state index is 0.0857. The van der Waals surface area contributed by atoms with E-state index in [-0.39, 0.29) is 5.92 Å². The van der Waals surface area contributed by atoms with Crippen molar-refractivity contribution in [3.8, 4) is 0 Å². The number of hydrogen-bond acceptors (Lipinski definition) is 1. The maximum atomic E-state index is 11.2. The number of aliphatic carboxylic acids is 1. The molecule has 1 N–H and O–H groups in total. The maximum absolute atomic E-state index is 11.2. The fourth-order valence-electron chi connectivity index (χ4n) is 3.10. The predicted octanol–water partition coefficient (Wildman–Crippen LogP) is 3.81. The largest absolute Gasteiger partial charge is 0.481 e. The lowest BCUT2D eigenvalue weighted by Gasteiger charge is -2.36. The molecule has 0 radical (unpaired) electrons. The van der Waals surface area contributed by atoms with E-state index >= 15 is 0 Å². The molecule has 0 spiro atoms. The zero-order chi connectivity index (χ0) is 12.3. The van der Waals surface area contributed by atoms with Crippen molar-refractivity contribution >= 4 is 5.97 Å². The summed E-state index contributed by atoms with van der Waals surface area (Å²) in [6.45, 7) is 8.91. The number of carbonyl (C=O) groups is 1. The van der Waals surface area contributed by atoms with Gasteiger partial charge in [-0.05, 0) is 49.4 Å². The summed E-state index contributed by atoms with van der Waals surface area (Å²) in [6, 6.07) is 0. The Bertz CT molecular complexity index is 233. The average molecular weight is 226 g/mol. The summed E-state index contributed by atoms with van der Waals surface area (Å²) in [5, 5.41) is 9.25. The van der Waals surface area contributed by atoms with Crippen molar-refractivity contribution in [3.05, 3.63) is 0 Å². The molecule has 1 rings (SSSR count). The van der Waals surface area contributed by atoms with Crippen molar-refractivity contribution in [2.75, 3.05) is 0 Å². The molecule has 0 aromatic heterocycles. The van der Waals surface area contributed by atoms with Gasteiger partial charge in [0, 0.05) is 0 Å². The molecule has 1 fully saturated rings. The lowest BCUT2D eigenvalue weighted by atomic mass is 9.68. The molecule has 94 valence electrons. The van der Waals surface area contributed by atoms with E-state index in [1.165, 1.54) is 0 Å². The standard InChI is InChI=1S/C14H26O2/c1-9(2)7-12-8-11(10(3)4)5-6-13(12)14(15)16/h9-13H,5-8H2,1-4H3,(H,15,16). The summed E-state index contributed by atoms with van der Waals surface area (Å²) < 4.78 is 0. The summed E-state index contributed by atoms with van der Waals surface area (Å²) in [6.07, 6.45) is 4.17. The molecule has 0 aliphatic heterocycles. The van der Waals surface area contributed by atoms with E-state index < -0.39 is 5.97 Å². The van der Waals surface area contributed by atoms with Crippen LogP contribution in [0.15, 0.2) is 0 Å². The van der Waals surface area contributed by atoms with E-state index in [4.69, 9.17) is 0 Å². The molecule has 2 nitrogen and oxygen atoms in total. The highest BCUT2D eigenvalue weighted by atomic mass is 16.4. The van der Waals surface area contributed by atoms with Crippen LogP contribution in [0.2, 0.25) is 0 Å². The van der Waals surface area contributed by atoms with Gasteiger partial charge in [0.2, 0.25) is 0 Å². The lowest BCUT2D eigenvalue weighted by molar-refractivity contribution is -0.146. The summed E-state index contributed by atoms with van der Waals surface area (Å²) >= 11 is 0. The van der Waals surface area contributed by atoms with Crippen LogP contribution in [0.3, 0.4) is 0 Å². The molecule has 1 saturated carbocycles. The van der Waals surface area contributed by atoms with Gasteiger partial charge in [0.15, 0.2) is 0 Å². The van der Waals surface area contributed by atoms with Gasteiger partial charge in [-0.3, -0.25) is 4.79 Å². The van der Waals surface area contributed by atoms with Crippen LogP contribution in [0.1, 0.15) is 53.4 Å². The fraction of sp³-hybridized carbons (Fsp3) is 0.929. The molecule has 1 aliphatic rings. The molecule has 0 aromatic rings. The fourth-order valence-corrected chi connectivity index (χ4v) is 3.10. The second kappa shape index (κ2) is 5.70. The molecule has 0 saturated heterocycles. The molecule has 3 atom stereocenters. The number of carboxylic acids is 1. The van der Waals surface area contributed by atoms with E-state index in [9.17, 15) is 9.90 Å². The zero-order valence-corrected chi connectivity index (χ0v) is 11.1. The van der Waals surface area contributed by atoms with Crippen molar-refractivity contribution in [2.24, 2.45) is 29.6 Å². The van der Waals surface area contributed by atoms with Crippen LogP contribution in [0.4, 0.5) is 0 Å². The number of carboxylic acid groups (broad SMARTS) is 1. The second-order valence-electron chi connectivity index (χ2n) is 6.15. The van der Waals surface area contributed by atoms with Crippen molar-refractivity contribution in [3.63, 3.8) is 0 Å². The summed E-state index contributed by atoms with van der Waals surface area (Å²) in [5.41, 5.74) is 0. The van der Waals surface area contributed by atoms with Gasteiger partial charge in [-0.1, -0.05) is 27.7 Å². The molecule has 0 amide bonds. The summed E-state index contributed by atoms with van der Waals surface area (Å²) in [7, 11) is 0. The lowest BCUT2D eigenvalue weighted by Crippen LogP contribution is -2.33. The number of hydrogen-bond donors (Lipinski definition) is 1. The topological polar surface area (TPSA) is 37.3 Å². The van der Waals surface area contributed by atoms with Crippen LogP contribution < -0.4 is 0 Å². The predicted molar refractivity (Wildman–Crippen MR) is 66.2 cm³/mol. The first-order valence-corrected chi connectivity index (χ1v) is 6.64. The van der Waals surface area contributed by atoms with E-state index in [0.29, 0.717) is 17.8 Å².